The summed E-state index contributed by atoms with van der Waals surface area (Å²) in [6.07, 6.45) is -0.0126. The molecule has 2 aromatic rings. The van der Waals surface area contributed by atoms with Gasteiger partial charge in [0.05, 0.1) is 12.2 Å². The molecule has 94 valence electrons. The average molecular weight is 241 g/mol. The van der Waals surface area contributed by atoms with Crippen LogP contribution in [0.5, 0.6) is 0 Å². The van der Waals surface area contributed by atoms with E-state index in [1.165, 1.54) is 5.56 Å². The van der Waals surface area contributed by atoms with Crippen molar-refractivity contribution in [2.45, 2.75) is 19.1 Å². The van der Waals surface area contributed by atoms with E-state index in [-0.39, 0.29) is 12.2 Å². The third kappa shape index (κ3) is 3.19. The summed E-state index contributed by atoms with van der Waals surface area (Å²) in [6, 6.07) is 20.3. The fourth-order valence-electron chi connectivity index (χ4n) is 1.99. The van der Waals surface area contributed by atoms with E-state index in [0.717, 1.165) is 5.56 Å². The molecular weight excluding hydrogens is 222 g/mol. The standard InChI is InChI=1S/C16H19NO/c1-13(14-8-4-2-5-9-14)18-16(12-17)15-10-6-3-7-11-15/h2-11,13,16H,12,17H2,1H3. The highest BCUT2D eigenvalue weighted by Gasteiger charge is 2.14. The molecule has 18 heavy (non-hydrogen) atoms. The minimum absolute atomic E-state index is 0.0416. The Kier molecular flexibility index (Phi) is 4.51. The van der Waals surface area contributed by atoms with Gasteiger partial charge in [-0.25, -0.2) is 0 Å². The Morgan fingerprint density at radius 3 is 1.89 bits per heavy atom. The van der Waals surface area contributed by atoms with Gasteiger partial charge in [0.2, 0.25) is 0 Å². The fraction of sp³-hybridized carbons (Fsp3) is 0.250. The van der Waals surface area contributed by atoms with Crippen LogP contribution in [0.2, 0.25) is 0 Å². The third-order valence-electron chi connectivity index (χ3n) is 3.02. The molecule has 2 nitrogen and oxygen atoms in total. The number of hydrogen-bond acceptors (Lipinski definition) is 2. The monoisotopic (exact) mass is 241 g/mol. The second kappa shape index (κ2) is 6.34. The maximum atomic E-state index is 6.05. The Bertz CT molecular complexity index is 455. The highest BCUT2D eigenvalue weighted by molar-refractivity contribution is 5.20. The Labute approximate surface area is 108 Å². The van der Waals surface area contributed by atoms with Crippen molar-refractivity contribution >= 4 is 0 Å². The van der Waals surface area contributed by atoms with Gasteiger partial charge < -0.3 is 10.5 Å². The summed E-state index contributed by atoms with van der Waals surface area (Å²) in [5, 5.41) is 0. The van der Waals surface area contributed by atoms with Gasteiger partial charge >= 0.3 is 0 Å². The summed E-state index contributed by atoms with van der Waals surface area (Å²) in [7, 11) is 0. The minimum Gasteiger partial charge on any atom is -0.365 e. The van der Waals surface area contributed by atoms with Crippen LogP contribution < -0.4 is 5.73 Å². The summed E-state index contributed by atoms with van der Waals surface area (Å²) in [5.74, 6) is 0. The quantitative estimate of drug-likeness (QED) is 0.870. The lowest BCUT2D eigenvalue weighted by Gasteiger charge is -2.22. The van der Waals surface area contributed by atoms with Crippen molar-refractivity contribution < 1.29 is 4.74 Å². The fourth-order valence-corrected chi connectivity index (χ4v) is 1.99. The van der Waals surface area contributed by atoms with E-state index in [2.05, 4.69) is 31.2 Å². The molecule has 0 aliphatic heterocycles. The molecule has 2 heteroatoms. The summed E-state index contributed by atoms with van der Waals surface area (Å²) >= 11 is 0. The molecule has 2 rings (SSSR count). The predicted molar refractivity (Wildman–Crippen MR) is 74.2 cm³/mol. The number of rotatable bonds is 5. The van der Waals surface area contributed by atoms with Gasteiger partial charge in [-0.2, -0.15) is 0 Å². The van der Waals surface area contributed by atoms with Crippen LogP contribution in [0.15, 0.2) is 60.7 Å². The molecule has 0 aliphatic rings. The van der Waals surface area contributed by atoms with Crippen molar-refractivity contribution in [2.75, 3.05) is 6.54 Å². The van der Waals surface area contributed by atoms with Crippen molar-refractivity contribution in [3.05, 3.63) is 71.8 Å². The third-order valence-corrected chi connectivity index (χ3v) is 3.02. The van der Waals surface area contributed by atoms with Crippen LogP contribution in [0.25, 0.3) is 0 Å². The highest BCUT2D eigenvalue weighted by atomic mass is 16.5. The zero-order valence-electron chi connectivity index (χ0n) is 10.6. The Hall–Kier alpha value is -1.64. The zero-order chi connectivity index (χ0) is 12.8. The molecule has 2 aromatic carbocycles. The molecule has 0 amide bonds. The number of nitrogens with two attached hydrogens (primary N) is 1. The van der Waals surface area contributed by atoms with Crippen molar-refractivity contribution in [1.82, 2.24) is 0 Å². The van der Waals surface area contributed by atoms with Crippen LogP contribution in [0.1, 0.15) is 30.3 Å². The largest absolute Gasteiger partial charge is 0.365 e. The summed E-state index contributed by atoms with van der Waals surface area (Å²) in [4.78, 5) is 0. The molecular formula is C16H19NO. The summed E-state index contributed by atoms with van der Waals surface area (Å²) < 4.78 is 6.05. The first kappa shape index (κ1) is 12.8. The van der Waals surface area contributed by atoms with Gasteiger partial charge in [-0.15, -0.1) is 0 Å². The van der Waals surface area contributed by atoms with E-state index >= 15 is 0 Å². The van der Waals surface area contributed by atoms with Gasteiger partial charge in [-0.1, -0.05) is 60.7 Å². The lowest BCUT2D eigenvalue weighted by atomic mass is 10.1. The van der Waals surface area contributed by atoms with Crippen molar-refractivity contribution in [3.8, 4) is 0 Å². The topological polar surface area (TPSA) is 35.2 Å². The van der Waals surface area contributed by atoms with E-state index in [1.807, 2.05) is 36.4 Å². The molecule has 0 saturated carbocycles. The Morgan fingerprint density at radius 2 is 1.39 bits per heavy atom. The van der Waals surface area contributed by atoms with Crippen molar-refractivity contribution in [1.29, 1.82) is 0 Å². The van der Waals surface area contributed by atoms with E-state index in [4.69, 9.17) is 10.5 Å². The van der Waals surface area contributed by atoms with Gasteiger partial charge in [-0.05, 0) is 18.1 Å². The van der Waals surface area contributed by atoms with Gasteiger partial charge in [-0.3, -0.25) is 0 Å². The maximum absolute atomic E-state index is 6.05. The molecule has 2 atom stereocenters. The molecule has 0 aromatic heterocycles. The smallest absolute Gasteiger partial charge is 0.0955 e. The Balaban J connectivity index is 2.07. The molecule has 0 radical (unpaired) electrons. The highest BCUT2D eigenvalue weighted by Crippen LogP contribution is 2.25. The van der Waals surface area contributed by atoms with Crippen LogP contribution in [0.4, 0.5) is 0 Å². The molecule has 0 bridgehead atoms. The number of benzene rings is 2. The van der Waals surface area contributed by atoms with Crippen LogP contribution in [-0.4, -0.2) is 6.54 Å². The molecule has 2 N–H and O–H groups in total. The zero-order valence-corrected chi connectivity index (χ0v) is 10.6. The van der Waals surface area contributed by atoms with E-state index in [9.17, 15) is 0 Å². The molecule has 0 saturated heterocycles. The normalized spacial score (nSPS) is 14.1. The van der Waals surface area contributed by atoms with Gasteiger partial charge in [0.1, 0.15) is 0 Å². The average Bonchev–Trinajstić information content (AvgIpc) is 2.46. The van der Waals surface area contributed by atoms with Crippen LogP contribution >= 0.6 is 0 Å². The van der Waals surface area contributed by atoms with E-state index < -0.39 is 0 Å². The van der Waals surface area contributed by atoms with Gasteiger partial charge in [0.25, 0.3) is 0 Å². The van der Waals surface area contributed by atoms with Crippen molar-refractivity contribution in [3.63, 3.8) is 0 Å². The van der Waals surface area contributed by atoms with Crippen LogP contribution in [-0.2, 0) is 4.74 Å². The lowest BCUT2D eigenvalue weighted by molar-refractivity contribution is 0.000231. The first-order valence-corrected chi connectivity index (χ1v) is 6.26. The predicted octanol–water partition coefficient (Wildman–Crippen LogP) is 3.46. The van der Waals surface area contributed by atoms with Gasteiger partial charge in [0, 0.05) is 6.54 Å². The minimum atomic E-state index is -0.0543. The summed E-state index contributed by atoms with van der Waals surface area (Å²) in [6.45, 7) is 2.54. The van der Waals surface area contributed by atoms with Crippen LogP contribution in [0.3, 0.4) is 0 Å². The molecule has 0 fully saturated rings. The van der Waals surface area contributed by atoms with Crippen LogP contribution in [0, 0.1) is 0 Å². The molecule has 2 unspecified atom stereocenters. The van der Waals surface area contributed by atoms with Gasteiger partial charge in [0.15, 0.2) is 0 Å². The summed E-state index contributed by atoms with van der Waals surface area (Å²) in [5.41, 5.74) is 8.11. The van der Waals surface area contributed by atoms with E-state index in [1.54, 1.807) is 0 Å². The first-order valence-electron chi connectivity index (χ1n) is 6.26. The lowest BCUT2D eigenvalue weighted by Crippen LogP contribution is -2.17. The van der Waals surface area contributed by atoms with E-state index in [0.29, 0.717) is 6.54 Å². The SMILES string of the molecule is CC(OC(CN)c1ccccc1)c1ccccc1. The second-order valence-electron chi connectivity index (χ2n) is 4.32. The molecule has 0 spiro atoms. The maximum Gasteiger partial charge on any atom is 0.0955 e. The Morgan fingerprint density at radius 1 is 0.889 bits per heavy atom. The first-order chi connectivity index (χ1) is 8.81. The molecule has 0 heterocycles. The number of ether oxygens (including phenoxy) is 1. The number of hydrogen-bond donors (Lipinski definition) is 1. The van der Waals surface area contributed by atoms with Crippen molar-refractivity contribution in [2.24, 2.45) is 5.73 Å². The second-order valence-corrected chi connectivity index (χ2v) is 4.32. The molecule has 0 aliphatic carbocycles.